The quantitative estimate of drug-likeness (QED) is 0.726. The van der Waals surface area contributed by atoms with Crippen LogP contribution >= 0.6 is 0 Å². The second kappa shape index (κ2) is 8.21. The molecule has 1 aromatic heterocycles. The van der Waals surface area contributed by atoms with E-state index in [2.05, 4.69) is 40.5 Å². The van der Waals surface area contributed by atoms with Crippen molar-refractivity contribution < 1.29 is 4.79 Å². The van der Waals surface area contributed by atoms with Crippen molar-refractivity contribution in [1.29, 1.82) is 0 Å². The number of benzene rings is 2. The number of fused-ring (bicyclic) bond motifs is 1. The average Bonchev–Trinajstić information content (AvgIpc) is 3.25. The number of aromatic nitrogens is 1. The lowest BCUT2D eigenvalue weighted by atomic mass is 9.91. The van der Waals surface area contributed by atoms with Crippen molar-refractivity contribution in [2.24, 2.45) is 7.05 Å². The predicted octanol–water partition coefficient (Wildman–Crippen LogP) is 3.55. The average molecular weight is 389 g/mol. The van der Waals surface area contributed by atoms with Crippen LogP contribution in [-0.4, -0.2) is 28.5 Å². The Morgan fingerprint density at radius 3 is 2.34 bits per heavy atom. The molecule has 0 bridgehead atoms. The van der Waals surface area contributed by atoms with Gasteiger partial charge in [0.1, 0.15) is 0 Å². The van der Waals surface area contributed by atoms with Gasteiger partial charge in [-0.15, -0.1) is 0 Å². The third-order valence-electron chi connectivity index (χ3n) is 5.86. The largest absolute Gasteiger partial charge is 0.348 e. The molecule has 0 spiro atoms. The SMILES string of the molecule is CC(=O)N[C@@H](c1ccccc1)[C@H](c1ccc2ccc(=O)n(C)c2c1)N1CCCC1. The molecular weight excluding hydrogens is 362 g/mol. The van der Waals surface area contributed by atoms with E-state index < -0.39 is 0 Å². The first-order valence-electron chi connectivity index (χ1n) is 10.2. The van der Waals surface area contributed by atoms with E-state index in [1.807, 2.05) is 31.3 Å². The molecule has 0 aliphatic carbocycles. The Hall–Kier alpha value is -2.92. The van der Waals surface area contributed by atoms with Gasteiger partial charge in [0.25, 0.3) is 5.56 Å². The van der Waals surface area contributed by atoms with Crippen LogP contribution in [0.2, 0.25) is 0 Å². The minimum Gasteiger partial charge on any atom is -0.348 e. The van der Waals surface area contributed by atoms with Crippen LogP contribution in [0.3, 0.4) is 0 Å². The molecule has 0 unspecified atom stereocenters. The number of nitrogens with zero attached hydrogens (tertiary/aromatic N) is 2. The maximum atomic E-state index is 12.2. The fraction of sp³-hybridized carbons (Fsp3) is 0.333. The molecular formula is C24H27N3O2. The molecule has 1 saturated heterocycles. The van der Waals surface area contributed by atoms with Gasteiger partial charge in [-0.3, -0.25) is 14.5 Å². The Morgan fingerprint density at radius 1 is 0.966 bits per heavy atom. The predicted molar refractivity (Wildman–Crippen MR) is 116 cm³/mol. The van der Waals surface area contributed by atoms with Crippen molar-refractivity contribution in [3.8, 4) is 0 Å². The molecule has 5 heteroatoms. The highest BCUT2D eigenvalue weighted by atomic mass is 16.1. The summed E-state index contributed by atoms with van der Waals surface area (Å²) >= 11 is 0. The van der Waals surface area contributed by atoms with Crippen molar-refractivity contribution in [3.05, 3.63) is 82.1 Å². The molecule has 1 aliphatic rings. The van der Waals surface area contributed by atoms with Crippen molar-refractivity contribution in [2.45, 2.75) is 31.8 Å². The van der Waals surface area contributed by atoms with Crippen LogP contribution in [0.4, 0.5) is 0 Å². The standard InChI is InChI=1S/C24H27N3O2/c1-17(28)25-23(19-8-4-3-5-9-19)24(27-14-6-7-15-27)20-11-10-18-12-13-22(29)26(2)21(18)16-20/h3-5,8-13,16,23-24H,6-7,14-15H2,1-2H3,(H,25,28)/t23-,24-/m0/s1. The highest BCUT2D eigenvalue weighted by molar-refractivity contribution is 5.80. The zero-order valence-electron chi connectivity index (χ0n) is 17.0. The number of amides is 1. The molecule has 2 atom stereocenters. The number of carbonyl (C=O) groups is 1. The molecule has 2 aromatic carbocycles. The summed E-state index contributed by atoms with van der Waals surface area (Å²) in [5.74, 6) is -0.0451. The van der Waals surface area contributed by atoms with Crippen molar-refractivity contribution in [1.82, 2.24) is 14.8 Å². The molecule has 0 radical (unpaired) electrons. The fourth-order valence-electron chi connectivity index (χ4n) is 4.43. The van der Waals surface area contributed by atoms with Gasteiger partial charge in [0, 0.05) is 20.0 Å². The zero-order chi connectivity index (χ0) is 20.4. The number of hydrogen-bond donors (Lipinski definition) is 1. The fourth-order valence-corrected chi connectivity index (χ4v) is 4.43. The summed E-state index contributed by atoms with van der Waals surface area (Å²) in [7, 11) is 1.81. The smallest absolute Gasteiger partial charge is 0.250 e. The number of carbonyl (C=O) groups excluding carboxylic acids is 1. The highest BCUT2D eigenvalue weighted by Gasteiger charge is 2.32. The molecule has 1 amide bonds. The van der Waals surface area contributed by atoms with Crippen LogP contribution in [0.1, 0.15) is 43.0 Å². The van der Waals surface area contributed by atoms with Crippen LogP contribution in [0, 0.1) is 0 Å². The molecule has 1 N–H and O–H groups in total. The van der Waals surface area contributed by atoms with Crippen molar-refractivity contribution >= 4 is 16.8 Å². The summed E-state index contributed by atoms with van der Waals surface area (Å²) in [5, 5.41) is 4.23. The van der Waals surface area contributed by atoms with Gasteiger partial charge < -0.3 is 9.88 Å². The molecule has 2 heterocycles. The van der Waals surface area contributed by atoms with Gasteiger partial charge >= 0.3 is 0 Å². The van der Waals surface area contributed by atoms with Crippen LogP contribution in [0.15, 0.2) is 65.5 Å². The van der Waals surface area contributed by atoms with Crippen LogP contribution in [0.25, 0.3) is 10.9 Å². The maximum Gasteiger partial charge on any atom is 0.250 e. The topological polar surface area (TPSA) is 54.3 Å². The summed E-state index contributed by atoms with van der Waals surface area (Å²) in [5.41, 5.74) is 3.09. The first kappa shape index (κ1) is 19.4. The first-order chi connectivity index (χ1) is 14.0. The number of aryl methyl sites for hydroxylation is 1. The molecule has 150 valence electrons. The first-order valence-corrected chi connectivity index (χ1v) is 10.2. The van der Waals surface area contributed by atoms with Gasteiger partial charge in [0.15, 0.2) is 0 Å². The normalized spacial score (nSPS) is 16.6. The molecule has 3 aromatic rings. The van der Waals surface area contributed by atoms with Gasteiger partial charge in [-0.2, -0.15) is 0 Å². The highest BCUT2D eigenvalue weighted by Crippen LogP contribution is 2.37. The molecule has 5 nitrogen and oxygen atoms in total. The van der Waals surface area contributed by atoms with E-state index in [1.165, 1.54) is 0 Å². The van der Waals surface area contributed by atoms with E-state index in [-0.39, 0.29) is 23.6 Å². The van der Waals surface area contributed by atoms with E-state index >= 15 is 0 Å². The zero-order valence-corrected chi connectivity index (χ0v) is 17.0. The summed E-state index contributed by atoms with van der Waals surface area (Å²) < 4.78 is 1.69. The Kier molecular flexibility index (Phi) is 5.49. The lowest BCUT2D eigenvalue weighted by Gasteiger charge is -2.36. The number of likely N-dealkylation sites (tertiary alicyclic amines) is 1. The number of nitrogens with one attached hydrogen (secondary N) is 1. The van der Waals surface area contributed by atoms with Gasteiger partial charge in [-0.25, -0.2) is 0 Å². The Labute approximate surface area is 171 Å². The number of pyridine rings is 1. The molecule has 1 aliphatic heterocycles. The summed E-state index contributed by atoms with van der Waals surface area (Å²) in [6, 6.07) is 19.8. The molecule has 0 saturated carbocycles. The molecule has 1 fully saturated rings. The van der Waals surface area contributed by atoms with E-state index in [9.17, 15) is 9.59 Å². The van der Waals surface area contributed by atoms with Crippen LogP contribution in [-0.2, 0) is 11.8 Å². The lowest BCUT2D eigenvalue weighted by Crippen LogP contribution is -2.39. The summed E-state index contributed by atoms with van der Waals surface area (Å²) in [4.78, 5) is 26.7. The van der Waals surface area contributed by atoms with Crippen molar-refractivity contribution in [2.75, 3.05) is 13.1 Å². The minimum atomic E-state index is -0.162. The van der Waals surface area contributed by atoms with E-state index in [1.54, 1.807) is 17.6 Å². The van der Waals surface area contributed by atoms with Gasteiger partial charge in [-0.1, -0.05) is 42.5 Å². The van der Waals surface area contributed by atoms with Gasteiger partial charge in [-0.05, 0) is 54.6 Å². The van der Waals surface area contributed by atoms with E-state index in [4.69, 9.17) is 0 Å². The summed E-state index contributed by atoms with van der Waals surface area (Å²) in [6.07, 6.45) is 2.31. The van der Waals surface area contributed by atoms with Crippen molar-refractivity contribution in [3.63, 3.8) is 0 Å². The minimum absolute atomic E-state index is 0.00325. The maximum absolute atomic E-state index is 12.2. The third-order valence-corrected chi connectivity index (χ3v) is 5.86. The second-order valence-corrected chi connectivity index (χ2v) is 7.83. The third kappa shape index (κ3) is 3.96. The van der Waals surface area contributed by atoms with Gasteiger partial charge in [0.2, 0.25) is 5.91 Å². The number of rotatable bonds is 5. The summed E-state index contributed by atoms with van der Waals surface area (Å²) in [6.45, 7) is 3.57. The number of hydrogen-bond acceptors (Lipinski definition) is 3. The van der Waals surface area contributed by atoms with E-state index in [0.29, 0.717) is 0 Å². The van der Waals surface area contributed by atoms with Gasteiger partial charge in [0.05, 0.1) is 17.6 Å². The lowest BCUT2D eigenvalue weighted by molar-refractivity contribution is -0.120. The molecule has 29 heavy (non-hydrogen) atoms. The Morgan fingerprint density at radius 2 is 1.66 bits per heavy atom. The Bertz CT molecular complexity index is 1070. The monoisotopic (exact) mass is 389 g/mol. The Balaban J connectivity index is 1.87. The van der Waals surface area contributed by atoms with E-state index in [0.717, 1.165) is 48.0 Å². The molecule has 4 rings (SSSR count). The second-order valence-electron chi connectivity index (χ2n) is 7.83. The van der Waals surface area contributed by atoms with Crippen LogP contribution < -0.4 is 10.9 Å². The van der Waals surface area contributed by atoms with Crippen LogP contribution in [0.5, 0.6) is 0 Å².